The molecule has 1 aliphatic heterocycles. The van der Waals surface area contributed by atoms with Gasteiger partial charge in [0.15, 0.2) is 0 Å². The fourth-order valence-corrected chi connectivity index (χ4v) is 2.05. The van der Waals surface area contributed by atoms with E-state index < -0.39 is 0 Å². The van der Waals surface area contributed by atoms with Crippen LogP contribution in [0, 0.1) is 0 Å². The topological polar surface area (TPSA) is 47.3 Å². The first-order valence-corrected chi connectivity index (χ1v) is 5.54. The van der Waals surface area contributed by atoms with E-state index >= 15 is 0 Å². The van der Waals surface area contributed by atoms with Crippen molar-refractivity contribution in [3.8, 4) is 5.75 Å². The Kier molecular flexibility index (Phi) is 3.11. The zero-order valence-electron chi connectivity index (χ0n) is 9.12. The van der Waals surface area contributed by atoms with Crippen molar-refractivity contribution in [2.45, 2.75) is 19.3 Å². The summed E-state index contributed by atoms with van der Waals surface area (Å²) in [5, 5.41) is 3.38. The lowest BCUT2D eigenvalue weighted by Gasteiger charge is -2.26. The predicted molar refractivity (Wildman–Crippen MR) is 62.3 cm³/mol. The lowest BCUT2D eigenvalue weighted by molar-refractivity contribution is 0.266. The first-order chi connectivity index (χ1) is 7.33. The molecular formula is C12H18N2O. The number of nitrogen functional groups attached to an aromatic ring is 1. The number of nitrogens with two attached hydrogens (primary N) is 1. The molecule has 3 N–H and O–H groups in total. The van der Waals surface area contributed by atoms with Gasteiger partial charge >= 0.3 is 0 Å². The molecular weight excluding hydrogens is 188 g/mol. The molecule has 1 aromatic rings. The monoisotopic (exact) mass is 206 g/mol. The number of benzene rings is 1. The fourth-order valence-electron chi connectivity index (χ4n) is 2.05. The zero-order chi connectivity index (χ0) is 10.7. The highest BCUT2D eigenvalue weighted by molar-refractivity contribution is 5.58. The predicted octanol–water partition coefficient (Wildman–Crippen LogP) is 1.74. The van der Waals surface area contributed by atoms with Gasteiger partial charge in [-0.1, -0.05) is 19.1 Å². The quantitative estimate of drug-likeness (QED) is 0.741. The summed E-state index contributed by atoms with van der Waals surface area (Å²) in [7, 11) is 0. The summed E-state index contributed by atoms with van der Waals surface area (Å²) in [5.41, 5.74) is 7.90. The molecule has 1 unspecified atom stereocenters. The fraction of sp³-hybridized carbons (Fsp3) is 0.500. The van der Waals surface area contributed by atoms with Crippen LogP contribution in [0.1, 0.15) is 24.8 Å². The molecule has 0 saturated carbocycles. The minimum atomic E-state index is 0.539. The molecule has 0 bridgehead atoms. The van der Waals surface area contributed by atoms with E-state index in [0.717, 1.165) is 37.6 Å². The van der Waals surface area contributed by atoms with Gasteiger partial charge in [-0.2, -0.15) is 0 Å². The lowest BCUT2D eigenvalue weighted by Crippen LogP contribution is -2.26. The van der Waals surface area contributed by atoms with Gasteiger partial charge in [0.1, 0.15) is 5.75 Å². The van der Waals surface area contributed by atoms with Gasteiger partial charge in [-0.05, 0) is 19.0 Å². The van der Waals surface area contributed by atoms with Crippen LogP contribution in [0.5, 0.6) is 5.75 Å². The second-order valence-electron chi connectivity index (χ2n) is 3.91. The Morgan fingerprint density at radius 2 is 2.40 bits per heavy atom. The standard InChI is InChI=1S/C12H18N2O/c1-2-14-8-9-6-7-15-12-10(9)4-3-5-11(12)13/h3-5,9,14H,2,6-8,13H2,1H3. The molecule has 1 aromatic carbocycles. The van der Waals surface area contributed by atoms with Gasteiger partial charge in [-0.25, -0.2) is 0 Å². The van der Waals surface area contributed by atoms with Crippen molar-refractivity contribution in [3.63, 3.8) is 0 Å². The lowest BCUT2D eigenvalue weighted by atomic mass is 9.92. The molecule has 82 valence electrons. The smallest absolute Gasteiger partial charge is 0.145 e. The van der Waals surface area contributed by atoms with Crippen LogP contribution in [0.15, 0.2) is 18.2 Å². The number of para-hydroxylation sites is 1. The minimum Gasteiger partial charge on any atom is -0.491 e. The Bertz CT molecular complexity index is 338. The van der Waals surface area contributed by atoms with E-state index in [1.807, 2.05) is 12.1 Å². The molecule has 0 spiro atoms. The Morgan fingerprint density at radius 1 is 1.53 bits per heavy atom. The molecule has 0 amide bonds. The largest absolute Gasteiger partial charge is 0.491 e. The van der Waals surface area contributed by atoms with Crippen molar-refractivity contribution in [2.75, 3.05) is 25.4 Å². The van der Waals surface area contributed by atoms with Crippen LogP contribution in [0.3, 0.4) is 0 Å². The van der Waals surface area contributed by atoms with Crippen LogP contribution in [0.2, 0.25) is 0 Å². The number of fused-ring (bicyclic) bond motifs is 1. The molecule has 1 aliphatic rings. The van der Waals surface area contributed by atoms with E-state index in [4.69, 9.17) is 10.5 Å². The average Bonchev–Trinajstić information content (AvgIpc) is 2.27. The van der Waals surface area contributed by atoms with Crippen LogP contribution in [0.25, 0.3) is 0 Å². The third-order valence-electron chi connectivity index (χ3n) is 2.87. The highest BCUT2D eigenvalue weighted by Gasteiger charge is 2.22. The van der Waals surface area contributed by atoms with Crippen molar-refractivity contribution in [1.29, 1.82) is 0 Å². The van der Waals surface area contributed by atoms with Crippen LogP contribution in [-0.2, 0) is 0 Å². The highest BCUT2D eigenvalue weighted by Crippen LogP contribution is 2.37. The third-order valence-corrected chi connectivity index (χ3v) is 2.87. The zero-order valence-corrected chi connectivity index (χ0v) is 9.12. The summed E-state index contributed by atoms with van der Waals surface area (Å²) in [5.74, 6) is 1.43. The molecule has 3 heteroatoms. The van der Waals surface area contributed by atoms with Crippen LogP contribution >= 0.6 is 0 Å². The Labute approximate surface area is 90.6 Å². The summed E-state index contributed by atoms with van der Waals surface area (Å²) >= 11 is 0. The number of hydrogen-bond donors (Lipinski definition) is 2. The summed E-state index contributed by atoms with van der Waals surface area (Å²) in [6, 6.07) is 6.02. The molecule has 0 aliphatic carbocycles. The van der Waals surface area contributed by atoms with Crippen LogP contribution in [0.4, 0.5) is 5.69 Å². The maximum atomic E-state index is 5.89. The van der Waals surface area contributed by atoms with E-state index in [2.05, 4.69) is 18.3 Å². The SMILES string of the molecule is CCNCC1CCOc2c(N)cccc21. The van der Waals surface area contributed by atoms with E-state index in [9.17, 15) is 0 Å². The summed E-state index contributed by atoms with van der Waals surface area (Å²) in [6.07, 6.45) is 1.07. The first kappa shape index (κ1) is 10.3. The molecule has 1 atom stereocenters. The number of rotatable bonds is 3. The Balaban J connectivity index is 2.22. The van der Waals surface area contributed by atoms with Gasteiger partial charge < -0.3 is 15.8 Å². The number of anilines is 1. The number of hydrogen-bond acceptors (Lipinski definition) is 3. The van der Waals surface area contributed by atoms with Gasteiger partial charge in [0.2, 0.25) is 0 Å². The maximum absolute atomic E-state index is 5.89. The molecule has 2 rings (SSSR count). The van der Waals surface area contributed by atoms with Crippen LogP contribution < -0.4 is 15.8 Å². The first-order valence-electron chi connectivity index (χ1n) is 5.54. The van der Waals surface area contributed by atoms with Gasteiger partial charge in [0, 0.05) is 18.0 Å². The van der Waals surface area contributed by atoms with Gasteiger partial charge in [-0.15, -0.1) is 0 Å². The Hall–Kier alpha value is -1.22. The summed E-state index contributed by atoms with van der Waals surface area (Å²) in [6.45, 7) is 4.92. The molecule has 0 aromatic heterocycles. The number of likely N-dealkylation sites (N-methyl/N-ethyl adjacent to an activating group) is 1. The molecule has 0 radical (unpaired) electrons. The summed E-state index contributed by atoms with van der Waals surface area (Å²) < 4.78 is 5.61. The maximum Gasteiger partial charge on any atom is 0.145 e. The Morgan fingerprint density at radius 3 is 3.20 bits per heavy atom. The average molecular weight is 206 g/mol. The van der Waals surface area contributed by atoms with Gasteiger partial charge in [0.05, 0.1) is 12.3 Å². The second kappa shape index (κ2) is 4.53. The van der Waals surface area contributed by atoms with E-state index in [1.54, 1.807) is 0 Å². The molecule has 0 saturated heterocycles. The van der Waals surface area contributed by atoms with E-state index in [0.29, 0.717) is 5.92 Å². The summed E-state index contributed by atoms with van der Waals surface area (Å²) in [4.78, 5) is 0. The van der Waals surface area contributed by atoms with Crippen molar-refractivity contribution < 1.29 is 4.74 Å². The van der Waals surface area contributed by atoms with Gasteiger partial charge in [-0.3, -0.25) is 0 Å². The normalized spacial score (nSPS) is 19.4. The highest BCUT2D eigenvalue weighted by atomic mass is 16.5. The van der Waals surface area contributed by atoms with Gasteiger partial charge in [0.25, 0.3) is 0 Å². The molecule has 0 fully saturated rings. The minimum absolute atomic E-state index is 0.539. The second-order valence-corrected chi connectivity index (χ2v) is 3.91. The number of nitrogens with one attached hydrogen (secondary N) is 1. The third kappa shape index (κ3) is 2.07. The van der Waals surface area contributed by atoms with Crippen LogP contribution in [-0.4, -0.2) is 19.7 Å². The van der Waals surface area contributed by atoms with Crippen molar-refractivity contribution in [3.05, 3.63) is 23.8 Å². The van der Waals surface area contributed by atoms with E-state index in [-0.39, 0.29) is 0 Å². The van der Waals surface area contributed by atoms with E-state index in [1.165, 1.54) is 5.56 Å². The van der Waals surface area contributed by atoms with Crippen molar-refractivity contribution >= 4 is 5.69 Å². The number of ether oxygens (including phenoxy) is 1. The molecule has 1 heterocycles. The van der Waals surface area contributed by atoms with Crippen molar-refractivity contribution in [1.82, 2.24) is 5.32 Å². The van der Waals surface area contributed by atoms with Crippen molar-refractivity contribution in [2.24, 2.45) is 0 Å². The molecule has 3 nitrogen and oxygen atoms in total. The molecule has 15 heavy (non-hydrogen) atoms.